The van der Waals surface area contributed by atoms with Gasteiger partial charge >= 0.3 is 5.97 Å². The lowest BCUT2D eigenvalue weighted by molar-refractivity contribution is -0.116. The van der Waals surface area contributed by atoms with Gasteiger partial charge in [0.05, 0.1) is 24.9 Å². The fourth-order valence-corrected chi connectivity index (χ4v) is 3.26. The van der Waals surface area contributed by atoms with Gasteiger partial charge in [-0.05, 0) is 34.5 Å². The average molecular weight is 415 g/mol. The van der Waals surface area contributed by atoms with Crippen LogP contribution in [0.25, 0.3) is 22.2 Å². The number of methoxy groups -OCH3 is 1. The molecule has 1 aromatic heterocycles. The Morgan fingerprint density at radius 3 is 2.45 bits per heavy atom. The van der Waals surface area contributed by atoms with Crippen LogP contribution in [-0.2, 0) is 16.1 Å². The molecule has 0 aliphatic heterocycles. The molecule has 1 N–H and O–H groups in total. The minimum Gasteiger partial charge on any atom is -0.465 e. The van der Waals surface area contributed by atoms with E-state index < -0.39 is 5.97 Å². The van der Waals surface area contributed by atoms with E-state index >= 15 is 0 Å². The zero-order valence-electron chi connectivity index (χ0n) is 17.0. The number of nitrogens with one attached hydrogen (secondary N) is 1. The third-order valence-corrected chi connectivity index (χ3v) is 4.81. The molecule has 0 saturated heterocycles. The first-order valence-corrected chi connectivity index (χ1v) is 9.88. The highest BCUT2D eigenvalue weighted by Gasteiger charge is 2.15. The predicted molar refractivity (Wildman–Crippen MR) is 116 cm³/mol. The van der Waals surface area contributed by atoms with Crippen molar-refractivity contribution in [2.24, 2.45) is 0 Å². The van der Waals surface area contributed by atoms with Crippen molar-refractivity contribution in [3.8, 4) is 11.4 Å². The number of aryl methyl sites for hydroxylation is 1. The van der Waals surface area contributed by atoms with Gasteiger partial charge in [-0.3, -0.25) is 4.79 Å². The van der Waals surface area contributed by atoms with E-state index in [1.165, 1.54) is 11.9 Å². The molecule has 0 aliphatic rings. The number of benzene rings is 3. The minimum absolute atomic E-state index is 0.205. The Balaban J connectivity index is 1.39. The van der Waals surface area contributed by atoms with Gasteiger partial charge in [-0.25, -0.2) is 4.79 Å². The van der Waals surface area contributed by atoms with Crippen LogP contribution in [0.1, 0.15) is 23.2 Å². The normalized spacial score (nSPS) is 10.7. The SMILES string of the molecule is COC(=O)c1cc2ccccc2cc1NC(=O)CCCn1nnc(-c2ccccc2)n1. The first-order chi connectivity index (χ1) is 15.1. The Morgan fingerprint density at radius 2 is 1.71 bits per heavy atom. The maximum atomic E-state index is 12.5. The molecule has 1 heterocycles. The second-order valence-electron chi connectivity index (χ2n) is 6.96. The molecule has 0 fully saturated rings. The van der Waals surface area contributed by atoms with Gasteiger partial charge in [-0.2, -0.15) is 4.80 Å². The third-order valence-electron chi connectivity index (χ3n) is 4.81. The molecule has 0 unspecified atom stereocenters. The second-order valence-corrected chi connectivity index (χ2v) is 6.96. The van der Waals surface area contributed by atoms with Crippen molar-refractivity contribution in [3.63, 3.8) is 0 Å². The van der Waals surface area contributed by atoms with Gasteiger partial charge in [0.1, 0.15) is 0 Å². The number of ether oxygens (including phenoxy) is 1. The van der Waals surface area contributed by atoms with E-state index in [9.17, 15) is 9.59 Å². The van der Waals surface area contributed by atoms with Crippen molar-refractivity contribution in [1.82, 2.24) is 20.2 Å². The fraction of sp³-hybridized carbons (Fsp3) is 0.174. The molecule has 0 bridgehead atoms. The second kappa shape index (κ2) is 9.17. The topological polar surface area (TPSA) is 99.0 Å². The lowest BCUT2D eigenvalue weighted by Crippen LogP contribution is -2.16. The number of carbonyl (C=O) groups excluding carboxylic acids is 2. The number of esters is 1. The Labute approximate surface area is 178 Å². The number of amides is 1. The van der Waals surface area contributed by atoms with Crippen LogP contribution in [0.4, 0.5) is 5.69 Å². The Hall–Kier alpha value is -4.07. The summed E-state index contributed by atoms with van der Waals surface area (Å²) in [4.78, 5) is 26.2. The Bertz CT molecular complexity index is 1220. The van der Waals surface area contributed by atoms with Crippen LogP contribution in [-0.4, -0.2) is 39.2 Å². The fourth-order valence-electron chi connectivity index (χ4n) is 3.26. The zero-order chi connectivity index (χ0) is 21.6. The van der Waals surface area contributed by atoms with Crippen molar-refractivity contribution in [1.29, 1.82) is 0 Å². The summed E-state index contributed by atoms with van der Waals surface area (Å²) < 4.78 is 4.87. The number of tetrazole rings is 1. The quantitative estimate of drug-likeness (QED) is 0.462. The van der Waals surface area contributed by atoms with Crippen LogP contribution in [0.3, 0.4) is 0 Å². The number of hydrogen-bond acceptors (Lipinski definition) is 6. The molecule has 0 atom stereocenters. The molecule has 0 saturated carbocycles. The third kappa shape index (κ3) is 4.75. The molecule has 0 radical (unpaired) electrons. The Kier molecular flexibility index (Phi) is 5.98. The van der Waals surface area contributed by atoms with E-state index in [1.807, 2.05) is 54.6 Å². The molecule has 8 nitrogen and oxygen atoms in total. The molecule has 8 heteroatoms. The maximum Gasteiger partial charge on any atom is 0.339 e. The van der Waals surface area contributed by atoms with Gasteiger partial charge in [0.2, 0.25) is 11.7 Å². The van der Waals surface area contributed by atoms with Gasteiger partial charge in [0.25, 0.3) is 0 Å². The molecule has 4 rings (SSSR count). The first-order valence-electron chi connectivity index (χ1n) is 9.88. The van der Waals surface area contributed by atoms with Crippen LogP contribution in [0.5, 0.6) is 0 Å². The molecule has 3 aromatic carbocycles. The highest BCUT2D eigenvalue weighted by Crippen LogP contribution is 2.25. The van der Waals surface area contributed by atoms with E-state index in [0.29, 0.717) is 30.0 Å². The van der Waals surface area contributed by atoms with Gasteiger partial charge in [-0.1, -0.05) is 54.6 Å². The van der Waals surface area contributed by atoms with Crippen LogP contribution < -0.4 is 5.32 Å². The van der Waals surface area contributed by atoms with Gasteiger partial charge < -0.3 is 10.1 Å². The zero-order valence-corrected chi connectivity index (χ0v) is 17.0. The van der Waals surface area contributed by atoms with E-state index in [-0.39, 0.29) is 12.3 Å². The number of aromatic nitrogens is 4. The van der Waals surface area contributed by atoms with Crippen molar-refractivity contribution >= 4 is 28.3 Å². The summed E-state index contributed by atoms with van der Waals surface area (Å²) in [5, 5.41) is 17.1. The first kappa shape index (κ1) is 20.2. The summed E-state index contributed by atoms with van der Waals surface area (Å²) in [6.45, 7) is 0.453. The summed E-state index contributed by atoms with van der Waals surface area (Å²) in [6.07, 6.45) is 0.771. The minimum atomic E-state index is -0.499. The maximum absolute atomic E-state index is 12.5. The van der Waals surface area contributed by atoms with E-state index in [4.69, 9.17) is 4.74 Å². The molecule has 4 aromatic rings. The predicted octanol–water partition coefficient (Wildman–Crippen LogP) is 3.70. The van der Waals surface area contributed by atoms with Crippen LogP contribution >= 0.6 is 0 Å². The van der Waals surface area contributed by atoms with Crippen LogP contribution in [0, 0.1) is 0 Å². The summed E-state index contributed by atoms with van der Waals surface area (Å²) >= 11 is 0. The van der Waals surface area contributed by atoms with Gasteiger partial charge in [-0.15, -0.1) is 10.2 Å². The molecule has 0 aliphatic carbocycles. The van der Waals surface area contributed by atoms with Crippen LogP contribution in [0.2, 0.25) is 0 Å². The molecular formula is C23H21N5O3. The largest absolute Gasteiger partial charge is 0.465 e. The van der Waals surface area contributed by atoms with E-state index in [0.717, 1.165) is 16.3 Å². The van der Waals surface area contributed by atoms with Gasteiger partial charge in [0, 0.05) is 12.0 Å². The van der Waals surface area contributed by atoms with Crippen molar-refractivity contribution in [2.45, 2.75) is 19.4 Å². The average Bonchev–Trinajstić information content (AvgIpc) is 3.27. The highest BCUT2D eigenvalue weighted by molar-refractivity contribution is 6.05. The molecule has 1 amide bonds. The number of carbonyl (C=O) groups is 2. The summed E-state index contributed by atoms with van der Waals surface area (Å²) in [5.41, 5.74) is 1.64. The van der Waals surface area contributed by atoms with Crippen molar-refractivity contribution < 1.29 is 14.3 Å². The Morgan fingerprint density at radius 1 is 1.00 bits per heavy atom. The van der Waals surface area contributed by atoms with Crippen molar-refractivity contribution in [3.05, 3.63) is 72.3 Å². The van der Waals surface area contributed by atoms with Crippen LogP contribution in [0.15, 0.2) is 66.7 Å². The number of anilines is 1. The van der Waals surface area contributed by atoms with E-state index in [1.54, 1.807) is 12.1 Å². The van der Waals surface area contributed by atoms with Crippen molar-refractivity contribution in [2.75, 3.05) is 12.4 Å². The standard InChI is InChI=1S/C23H21N5O3/c1-31-23(30)19-14-17-10-5-6-11-18(17)15-20(19)24-21(29)12-7-13-28-26-22(25-27-28)16-8-3-2-4-9-16/h2-6,8-11,14-15H,7,12-13H2,1H3,(H,24,29). The summed E-state index contributed by atoms with van der Waals surface area (Å²) in [5.74, 6) is -0.158. The number of nitrogens with zero attached hydrogens (tertiary/aromatic N) is 4. The lowest BCUT2D eigenvalue weighted by atomic mass is 10.0. The highest BCUT2D eigenvalue weighted by atomic mass is 16.5. The molecular weight excluding hydrogens is 394 g/mol. The summed E-state index contributed by atoms with van der Waals surface area (Å²) in [6, 6.07) is 20.7. The van der Waals surface area contributed by atoms with Gasteiger partial charge in [0.15, 0.2) is 0 Å². The number of fused-ring (bicyclic) bond motifs is 1. The smallest absolute Gasteiger partial charge is 0.339 e. The molecule has 0 spiro atoms. The van der Waals surface area contributed by atoms with E-state index in [2.05, 4.69) is 20.7 Å². The molecule has 31 heavy (non-hydrogen) atoms. The summed E-state index contributed by atoms with van der Waals surface area (Å²) in [7, 11) is 1.32. The lowest BCUT2D eigenvalue weighted by Gasteiger charge is -2.11. The number of hydrogen-bond donors (Lipinski definition) is 1. The molecule has 156 valence electrons. The monoisotopic (exact) mass is 415 g/mol. The number of rotatable bonds is 7.